The van der Waals surface area contributed by atoms with Gasteiger partial charge >= 0.3 is 0 Å². The second-order valence-corrected chi connectivity index (χ2v) is 9.15. The van der Waals surface area contributed by atoms with Crippen LogP contribution in [0.2, 0.25) is 0 Å². The van der Waals surface area contributed by atoms with E-state index in [1.807, 2.05) is 96.0 Å². The van der Waals surface area contributed by atoms with Gasteiger partial charge < -0.3 is 10.6 Å². The van der Waals surface area contributed by atoms with Crippen molar-refractivity contribution in [2.24, 2.45) is 0 Å². The summed E-state index contributed by atoms with van der Waals surface area (Å²) in [6.07, 6.45) is 1.85. The summed E-state index contributed by atoms with van der Waals surface area (Å²) >= 11 is 0. The van der Waals surface area contributed by atoms with Crippen LogP contribution < -0.4 is 5.73 Å². The van der Waals surface area contributed by atoms with Crippen LogP contribution in [0.25, 0.3) is 27.8 Å². The molecule has 1 aliphatic rings. The van der Waals surface area contributed by atoms with Gasteiger partial charge in [0.1, 0.15) is 17.3 Å². The number of nitrogens with zero attached hydrogens (tertiary/aromatic N) is 6. The summed E-state index contributed by atoms with van der Waals surface area (Å²) in [7, 11) is 0. The standard InChI is InChI=1S/C29H27N7O/c30-28-23-13-7-8-14-25(23)31-26(32-28)20-34-15-17-35(18-16-34)29(37)24-19-36(22-11-5-2-6-12-22)33-27(24)21-9-3-1-4-10-21/h1-14,19H,15-18,20H2,(H2,30,31,32). The maximum Gasteiger partial charge on any atom is 0.257 e. The van der Waals surface area contributed by atoms with E-state index in [4.69, 9.17) is 10.8 Å². The van der Waals surface area contributed by atoms with E-state index in [9.17, 15) is 4.79 Å². The summed E-state index contributed by atoms with van der Waals surface area (Å²) in [6, 6.07) is 27.5. The molecule has 2 N–H and O–H groups in total. The van der Waals surface area contributed by atoms with Crippen LogP contribution in [0.5, 0.6) is 0 Å². The number of piperazine rings is 1. The zero-order chi connectivity index (χ0) is 25.2. The molecular formula is C29H27N7O. The van der Waals surface area contributed by atoms with Crippen molar-refractivity contribution in [3.8, 4) is 16.9 Å². The maximum atomic E-state index is 13.7. The third kappa shape index (κ3) is 4.66. The maximum absolute atomic E-state index is 13.7. The fourth-order valence-corrected chi connectivity index (χ4v) is 4.75. The fourth-order valence-electron chi connectivity index (χ4n) is 4.75. The second-order valence-electron chi connectivity index (χ2n) is 9.15. The molecule has 3 heterocycles. The predicted octanol–water partition coefficient (Wildman–Crippen LogP) is 4.02. The highest BCUT2D eigenvalue weighted by Gasteiger charge is 2.27. The first kappa shape index (κ1) is 22.9. The number of carbonyl (C=O) groups excluding carboxylic acids is 1. The number of para-hydroxylation sites is 2. The molecule has 0 radical (unpaired) electrons. The molecule has 8 heteroatoms. The smallest absolute Gasteiger partial charge is 0.257 e. The molecule has 0 unspecified atom stereocenters. The summed E-state index contributed by atoms with van der Waals surface area (Å²) in [5.74, 6) is 1.19. The number of carbonyl (C=O) groups is 1. The first-order chi connectivity index (χ1) is 18.2. The van der Waals surface area contributed by atoms with E-state index in [1.54, 1.807) is 4.68 Å². The molecule has 0 aliphatic carbocycles. The van der Waals surface area contributed by atoms with Gasteiger partial charge in [-0.3, -0.25) is 9.69 Å². The number of nitrogen functional groups attached to an aromatic ring is 1. The number of fused-ring (bicyclic) bond motifs is 1. The van der Waals surface area contributed by atoms with Gasteiger partial charge in [-0.1, -0.05) is 60.7 Å². The monoisotopic (exact) mass is 489 g/mol. The molecule has 1 aliphatic heterocycles. The number of benzene rings is 3. The van der Waals surface area contributed by atoms with E-state index in [1.165, 1.54) is 0 Å². The zero-order valence-electron chi connectivity index (χ0n) is 20.4. The van der Waals surface area contributed by atoms with Gasteiger partial charge in [0.25, 0.3) is 5.91 Å². The van der Waals surface area contributed by atoms with Gasteiger partial charge in [0.2, 0.25) is 0 Å². The number of hydrogen-bond acceptors (Lipinski definition) is 6. The van der Waals surface area contributed by atoms with Crippen LogP contribution in [0, 0.1) is 0 Å². The summed E-state index contributed by atoms with van der Waals surface area (Å²) in [5.41, 5.74) is 10.1. The number of aromatic nitrogens is 4. The second kappa shape index (κ2) is 9.83. The average Bonchev–Trinajstić information content (AvgIpc) is 3.40. The molecule has 2 aromatic heterocycles. The highest BCUT2D eigenvalue weighted by molar-refractivity contribution is 6.00. The van der Waals surface area contributed by atoms with Crippen molar-refractivity contribution >= 4 is 22.6 Å². The fraction of sp³-hybridized carbons (Fsp3) is 0.172. The van der Waals surface area contributed by atoms with Gasteiger partial charge in [-0.25, -0.2) is 14.6 Å². The molecular weight excluding hydrogens is 462 g/mol. The topological polar surface area (TPSA) is 93.2 Å². The number of hydrogen-bond donors (Lipinski definition) is 1. The summed E-state index contributed by atoms with van der Waals surface area (Å²) in [4.78, 5) is 27.1. The molecule has 37 heavy (non-hydrogen) atoms. The number of anilines is 1. The Morgan fingerprint density at radius 3 is 2.24 bits per heavy atom. The summed E-state index contributed by atoms with van der Waals surface area (Å²) < 4.78 is 1.79. The van der Waals surface area contributed by atoms with E-state index in [0.717, 1.165) is 35.2 Å². The Kier molecular flexibility index (Phi) is 6.08. The van der Waals surface area contributed by atoms with Crippen LogP contribution in [0.15, 0.2) is 91.1 Å². The van der Waals surface area contributed by atoms with Gasteiger partial charge in [-0.15, -0.1) is 0 Å². The van der Waals surface area contributed by atoms with Gasteiger partial charge in [0, 0.05) is 43.3 Å². The van der Waals surface area contributed by atoms with Crippen molar-refractivity contribution in [3.63, 3.8) is 0 Å². The highest BCUT2D eigenvalue weighted by atomic mass is 16.2. The third-order valence-electron chi connectivity index (χ3n) is 6.72. The molecule has 1 saturated heterocycles. The average molecular weight is 490 g/mol. The van der Waals surface area contributed by atoms with Gasteiger partial charge in [-0.2, -0.15) is 5.10 Å². The van der Waals surface area contributed by atoms with Crippen molar-refractivity contribution in [2.75, 3.05) is 31.9 Å². The Morgan fingerprint density at radius 1 is 0.811 bits per heavy atom. The molecule has 1 amide bonds. The molecule has 0 bridgehead atoms. The van der Waals surface area contributed by atoms with E-state index in [-0.39, 0.29) is 5.91 Å². The van der Waals surface area contributed by atoms with E-state index < -0.39 is 0 Å². The van der Waals surface area contributed by atoms with Crippen molar-refractivity contribution in [3.05, 3.63) is 103 Å². The van der Waals surface area contributed by atoms with Crippen LogP contribution in [0.1, 0.15) is 16.2 Å². The minimum atomic E-state index is -0.00752. The van der Waals surface area contributed by atoms with Crippen LogP contribution in [0.4, 0.5) is 5.82 Å². The highest BCUT2D eigenvalue weighted by Crippen LogP contribution is 2.25. The molecule has 0 spiro atoms. The Morgan fingerprint density at radius 2 is 1.49 bits per heavy atom. The molecule has 0 atom stereocenters. The van der Waals surface area contributed by atoms with Gasteiger partial charge in [0.15, 0.2) is 0 Å². The van der Waals surface area contributed by atoms with Crippen LogP contribution in [-0.4, -0.2) is 61.6 Å². The van der Waals surface area contributed by atoms with Crippen LogP contribution in [-0.2, 0) is 6.54 Å². The summed E-state index contributed by atoms with van der Waals surface area (Å²) in [6.45, 7) is 3.29. The Hall–Kier alpha value is -4.56. The molecule has 8 nitrogen and oxygen atoms in total. The minimum absolute atomic E-state index is 0.00752. The first-order valence-electron chi connectivity index (χ1n) is 12.4. The van der Waals surface area contributed by atoms with Crippen molar-refractivity contribution in [2.45, 2.75) is 6.54 Å². The quantitative estimate of drug-likeness (QED) is 0.401. The van der Waals surface area contributed by atoms with Gasteiger partial charge in [0.05, 0.1) is 23.3 Å². The largest absolute Gasteiger partial charge is 0.383 e. The molecule has 5 aromatic rings. The lowest BCUT2D eigenvalue weighted by molar-refractivity contribution is 0.0626. The van der Waals surface area contributed by atoms with E-state index in [2.05, 4.69) is 14.9 Å². The Bertz CT molecular complexity index is 1540. The lowest BCUT2D eigenvalue weighted by atomic mass is 10.1. The predicted molar refractivity (Wildman–Crippen MR) is 144 cm³/mol. The molecule has 0 saturated carbocycles. The molecule has 1 fully saturated rings. The van der Waals surface area contributed by atoms with Crippen molar-refractivity contribution in [1.29, 1.82) is 0 Å². The third-order valence-corrected chi connectivity index (χ3v) is 6.72. The molecule has 3 aromatic carbocycles. The van der Waals surface area contributed by atoms with E-state index in [0.29, 0.717) is 42.5 Å². The SMILES string of the molecule is Nc1nc(CN2CCN(C(=O)c3cn(-c4ccccc4)nc3-c3ccccc3)CC2)nc2ccccc12. The lowest BCUT2D eigenvalue weighted by Gasteiger charge is -2.34. The minimum Gasteiger partial charge on any atom is -0.383 e. The van der Waals surface area contributed by atoms with Crippen LogP contribution >= 0.6 is 0 Å². The Labute approximate surface area is 215 Å². The Balaban J connectivity index is 1.20. The first-order valence-corrected chi connectivity index (χ1v) is 12.4. The number of nitrogens with two attached hydrogens (primary N) is 1. The van der Waals surface area contributed by atoms with Crippen LogP contribution in [0.3, 0.4) is 0 Å². The summed E-state index contributed by atoms with van der Waals surface area (Å²) in [5, 5.41) is 5.67. The van der Waals surface area contributed by atoms with Crippen molar-refractivity contribution < 1.29 is 4.79 Å². The number of amides is 1. The molecule has 6 rings (SSSR count). The van der Waals surface area contributed by atoms with E-state index >= 15 is 0 Å². The normalized spacial score (nSPS) is 14.2. The lowest BCUT2D eigenvalue weighted by Crippen LogP contribution is -2.48. The molecule has 184 valence electrons. The van der Waals surface area contributed by atoms with Crippen molar-refractivity contribution in [1.82, 2.24) is 29.5 Å². The zero-order valence-corrected chi connectivity index (χ0v) is 20.4. The number of rotatable bonds is 5. The van der Waals surface area contributed by atoms with Gasteiger partial charge in [-0.05, 0) is 24.3 Å².